The third-order valence-corrected chi connectivity index (χ3v) is 4.81. The number of aryl methyl sites for hydroxylation is 2. The molecule has 0 aliphatic heterocycles. The third kappa shape index (κ3) is 4.15. The molecule has 1 N–H and O–H groups in total. The topological polar surface area (TPSA) is 64.3 Å². The summed E-state index contributed by atoms with van der Waals surface area (Å²) in [4.78, 5) is 17.9. The normalized spacial score (nSPS) is 11.2. The molecule has 3 aromatic rings. The largest absolute Gasteiger partial charge is 0.394 e. The highest BCUT2D eigenvalue weighted by atomic mass is 32.2. The number of hydrogen-bond donors (Lipinski definition) is 1. The van der Waals surface area contributed by atoms with Gasteiger partial charge in [-0.2, -0.15) is 0 Å². The number of para-hydroxylation sites is 1. The molecule has 0 saturated carbocycles. The summed E-state index contributed by atoms with van der Waals surface area (Å²) in [5.74, 6) is 0.648. The smallest absolute Gasteiger partial charge is 0.266 e. The maximum absolute atomic E-state index is 13.2. The van der Waals surface area contributed by atoms with Crippen molar-refractivity contribution in [3.63, 3.8) is 0 Å². The number of rotatable bonds is 7. The molecular weight excluding hydrogens is 348 g/mol. The molecule has 5 nitrogen and oxygen atoms in total. The van der Waals surface area contributed by atoms with Crippen molar-refractivity contribution >= 4 is 22.7 Å². The summed E-state index contributed by atoms with van der Waals surface area (Å²) in [7, 11) is 0. The number of fused-ring (bicyclic) bond motifs is 1. The molecule has 0 fully saturated rings. The molecular formula is C20H22N2O3S. The van der Waals surface area contributed by atoms with Gasteiger partial charge < -0.3 is 9.84 Å². The van der Waals surface area contributed by atoms with Gasteiger partial charge in [-0.05, 0) is 49.2 Å². The van der Waals surface area contributed by atoms with Gasteiger partial charge in [-0.15, -0.1) is 0 Å². The van der Waals surface area contributed by atoms with Gasteiger partial charge in [0.15, 0.2) is 5.16 Å². The van der Waals surface area contributed by atoms with E-state index in [-0.39, 0.29) is 12.2 Å². The lowest BCUT2D eigenvalue weighted by molar-refractivity contribution is 0.103. The second kappa shape index (κ2) is 8.49. The maximum Gasteiger partial charge on any atom is 0.266 e. The Morgan fingerprint density at radius 2 is 1.85 bits per heavy atom. The lowest BCUT2D eigenvalue weighted by Gasteiger charge is -2.14. The second-order valence-corrected chi connectivity index (χ2v) is 7.14. The Labute approximate surface area is 156 Å². The highest BCUT2D eigenvalue weighted by Gasteiger charge is 2.13. The van der Waals surface area contributed by atoms with E-state index in [0.29, 0.717) is 35.0 Å². The fourth-order valence-electron chi connectivity index (χ4n) is 2.88. The first-order valence-electron chi connectivity index (χ1n) is 8.52. The van der Waals surface area contributed by atoms with E-state index in [9.17, 15) is 4.79 Å². The SMILES string of the molecule is Cc1cc(C)cc(-n2c(SCCOCCO)nc3ccccc3c2=O)c1. The lowest BCUT2D eigenvalue weighted by Crippen LogP contribution is -2.22. The molecule has 0 saturated heterocycles. The van der Waals surface area contributed by atoms with Crippen molar-refractivity contribution in [3.8, 4) is 5.69 Å². The Morgan fingerprint density at radius 1 is 1.12 bits per heavy atom. The fraction of sp³-hybridized carbons (Fsp3) is 0.300. The van der Waals surface area contributed by atoms with Crippen LogP contribution in [0.3, 0.4) is 0 Å². The van der Waals surface area contributed by atoms with Gasteiger partial charge >= 0.3 is 0 Å². The molecule has 2 aromatic carbocycles. The van der Waals surface area contributed by atoms with Crippen LogP contribution in [-0.4, -0.2) is 40.2 Å². The summed E-state index contributed by atoms with van der Waals surface area (Å²) in [6.07, 6.45) is 0. The number of aliphatic hydroxyl groups excluding tert-OH is 1. The van der Waals surface area contributed by atoms with Crippen LogP contribution in [0.25, 0.3) is 16.6 Å². The van der Waals surface area contributed by atoms with E-state index in [1.165, 1.54) is 11.8 Å². The molecule has 1 heterocycles. The van der Waals surface area contributed by atoms with E-state index >= 15 is 0 Å². The van der Waals surface area contributed by atoms with Gasteiger partial charge in [0.1, 0.15) is 0 Å². The molecule has 0 spiro atoms. The first-order chi connectivity index (χ1) is 12.6. The van der Waals surface area contributed by atoms with E-state index in [0.717, 1.165) is 16.8 Å². The number of thioether (sulfide) groups is 1. The van der Waals surface area contributed by atoms with Crippen molar-refractivity contribution < 1.29 is 9.84 Å². The number of aliphatic hydroxyl groups is 1. The molecule has 0 aliphatic carbocycles. The van der Waals surface area contributed by atoms with Gasteiger partial charge in [0.25, 0.3) is 5.56 Å². The molecule has 0 aliphatic rings. The maximum atomic E-state index is 13.2. The van der Waals surface area contributed by atoms with Gasteiger partial charge in [0.05, 0.1) is 36.4 Å². The highest BCUT2D eigenvalue weighted by molar-refractivity contribution is 7.99. The average Bonchev–Trinajstić information content (AvgIpc) is 2.61. The zero-order valence-electron chi connectivity index (χ0n) is 14.9. The zero-order chi connectivity index (χ0) is 18.5. The van der Waals surface area contributed by atoms with Crippen LogP contribution >= 0.6 is 11.8 Å². The van der Waals surface area contributed by atoms with E-state index in [1.807, 2.05) is 50.2 Å². The first-order valence-corrected chi connectivity index (χ1v) is 9.50. The zero-order valence-corrected chi connectivity index (χ0v) is 15.8. The van der Waals surface area contributed by atoms with Crippen molar-refractivity contribution in [1.29, 1.82) is 0 Å². The van der Waals surface area contributed by atoms with Crippen LogP contribution in [0.1, 0.15) is 11.1 Å². The third-order valence-electron chi connectivity index (χ3n) is 3.90. The number of benzene rings is 2. The minimum atomic E-state index is -0.0700. The number of nitrogens with zero attached hydrogens (tertiary/aromatic N) is 2. The van der Waals surface area contributed by atoms with Gasteiger partial charge in [-0.1, -0.05) is 30.0 Å². The van der Waals surface area contributed by atoms with E-state index in [1.54, 1.807) is 4.57 Å². The molecule has 136 valence electrons. The van der Waals surface area contributed by atoms with Gasteiger partial charge in [-0.25, -0.2) is 4.98 Å². The van der Waals surface area contributed by atoms with Crippen LogP contribution in [-0.2, 0) is 4.74 Å². The van der Waals surface area contributed by atoms with Gasteiger partial charge in [0, 0.05) is 5.75 Å². The fourth-order valence-corrected chi connectivity index (χ4v) is 3.74. The molecule has 1 aromatic heterocycles. The number of hydrogen-bond acceptors (Lipinski definition) is 5. The summed E-state index contributed by atoms with van der Waals surface area (Å²) < 4.78 is 7.00. The predicted molar refractivity (Wildman–Crippen MR) is 105 cm³/mol. The standard InChI is InChI=1S/C20H22N2O3S/c1-14-11-15(2)13-16(12-14)22-19(24)17-5-3-4-6-18(17)21-20(22)26-10-9-25-8-7-23/h3-6,11-13,23H,7-10H2,1-2H3. The summed E-state index contributed by atoms with van der Waals surface area (Å²) in [5.41, 5.74) is 3.64. The molecule has 26 heavy (non-hydrogen) atoms. The van der Waals surface area contributed by atoms with Crippen molar-refractivity contribution in [2.75, 3.05) is 25.6 Å². The Balaban J connectivity index is 2.07. The molecule has 3 rings (SSSR count). The number of ether oxygens (including phenoxy) is 1. The van der Waals surface area contributed by atoms with Crippen molar-refractivity contribution in [2.24, 2.45) is 0 Å². The van der Waals surface area contributed by atoms with E-state index < -0.39 is 0 Å². The van der Waals surface area contributed by atoms with Crippen LogP contribution in [0.2, 0.25) is 0 Å². The van der Waals surface area contributed by atoms with E-state index in [4.69, 9.17) is 14.8 Å². The molecule has 6 heteroatoms. The molecule has 0 bridgehead atoms. The lowest BCUT2D eigenvalue weighted by atomic mass is 10.1. The predicted octanol–water partition coefficient (Wildman–Crippen LogP) is 3.10. The molecule has 0 atom stereocenters. The van der Waals surface area contributed by atoms with Gasteiger partial charge in [0.2, 0.25) is 0 Å². The van der Waals surface area contributed by atoms with Crippen molar-refractivity contribution in [2.45, 2.75) is 19.0 Å². The highest BCUT2D eigenvalue weighted by Crippen LogP contribution is 2.22. The quantitative estimate of drug-likeness (QED) is 0.393. The van der Waals surface area contributed by atoms with Gasteiger partial charge in [-0.3, -0.25) is 9.36 Å². The Kier molecular flexibility index (Phi) is 6.08. The summed E-state index contributed by atoms with van der Waals surface area (Å²) in [6.45, 7) is 4.85. The van der Waals surface area contributed by atoms with E-state index in [2.05, 4.69) is 6.07 Å². The second-order valence-electron chi connectivity index (χ2n) is 6.08. The Hall–Kier alpha value is -2.15. The molecule has 0 unspecified atom stereocenters. The molecule has 0 radical (unpaired) electrons. The average molecular weight is 370 g/mol. The Bertz CT molecular complexity index is 949. The summed E-state index contributed by atoms with van der Waals surface area (Å²) in [5, 5.41) is 10.0. The van der Waals surface area contributed by atoms with Crippen molar-refractivity contribution in [1.82, 2.24) is 9.55 Å². The van der Waals surface area contributed by atoms with Crippen LogP contribution in [0.5, 0.6) is 0 Å². The minimum Gasteiger partial charge on any atom is -0.394 e. The minimum absolute atomic E-state index is 0.00612. The summed E-state index contributed by atoms with van der Waals surface area (Å²) in [6, 6.07) is 13.5. The molecule has 0 amide bonds. The van der Waals surface area contributed by atoms with Crippen LogP contribution < -0.4 is 5.56 Å². The Morgan fingerprint density at radius 3 is 2.58 bits per heavy atom. The van der Waals surface area contributed by atoms with Crippen LogP contribution in [0, 0.1) is 13.8 Å². The first kappa shape index (κ1) is 18.6. The van der Waals surface area contributed by atoms with Crippen LogP contribution in [0.4, 0.5) is 0 Å². The monoisotopic (exact) mass is 370 g/mol. The van der Waals surface area contributed by atoms with Crippen LogP contribution in [0.15, 0.2) is 52.4 Å². The summed E-state index contributed by atoms with van der Waals surface area (Å²) >= 11 is 1.48. The number of aromatic nitrogens is 2. The van der Waals surface area contributed by atoms with Crippen molar-refractivity contribution in [3.05, 3.63) is 63.9 Å².